The first-order valence-corrected chi connectivity index (χ1v) is 5.71. The summed E-state index contributed by atoms with van der Waals surface area (Å²) < 4.78 is 1.85. The number of aromatic nitrogens is 2. The van der Waals surface area contributed by atoms with E-state index in [-0.39, 0.29) is 0 Å². The molecule has 0 saturated carbocycles. The third-order valence-corrected chi connectivity index (χ3v) is 2.81. The highest BCUT2D eigenvalue weighted by Gasteiger charge is 2.03. The molecule has 1 aromatic heterocycles. The molecule has 1 heterocycles. The average Bonchev–Trinajstić information content (AvgIpc) is 2.77. The molecule has 0 saturated heterocycles. The van der Waals surface area contributed by atoms with Crippen LogP contribution in [0.2, 0.25) is 0 Å². The molecular weight excluding hydrogens is 210 g/mol. The number of rotatable bonds is 3. The van der Waals surface area contributed by atoms with Crippen molar-refractivity contribution < 1.29 is 0 Å². The standard InChI is InChI=1S/C14H15N3/c1-11(2)13-5-3-12(4-6-13)10-17-8-7-16-14(17)9-15/h3-8,11H,10H2,1-2H3. The van der Waals surface area contributed by atoms with Gasteiger partial charge in [-0.3, -0.25) is 0 Å². The van der Waals surface area contributed by atoms with Crippen molar-refractivity contribution in [2.75, 3.05) is 0 Å². The van der Waals surface area contributed by atoms with Crippen molar-refractivity contribution in [2.45, 2.75) is 26.3 Å². The molecule has 86 valence electrons. The molecule has 0 spiro atoms. The number of nitriles is 1. The molecule has 0 unspecified atom stereocenters. The molecule has 2 rings (SSSR count). The average molecular weight is 225 g/mol. The molecule has 0 fully saturated rings. The highest BCUT2D eigenvalue weighted by atomic mass is 15.1. The first kappa shape index (κ1) is 11.4. The van der Waals surface area contributed by atoms with Gasteiger partial charge in [0.25, 0.3) is 0 Å². The Labute approximate surface area is 101 Å². The fourth-order valence-electron chi connectivity index (χ4n) is 1.75. The predicted octanol–water partition coefficient (Wildman–Crippen LogP) is 2.93. The van der Waals surface area contributed by atoms with E-state index in [1.54, 1.807) is 6.20 Å². The summed E-state index contributed by atoms with van der Waals surface area (Å²) in [7, 11) is 0. The number of hydrogen-bond donors (Lipinski definition) is 0. The number of hydrogen-bond acceptors (Lipinski definition) is 2. The van der Waals surface area contributed by atoms with E-state index < -0.39 is 0 Å². The van der Waals surface area contributed by atoms with Crippen molar-refractivity contribution >= 4 is 0 Å². The van der Waals surface area contributed by atoms with E-state index in [0.29, 0.717) is 18.3 Å². The van der Waals surface area contributed by atoms with Gasteiger partial charge in [-0.2, -0.15) is 5.26 Å². The Kier molecular flexibility index (Phi) is 3.24. The van der Waals surface area contributed by atoms with E-state index in [2.05, 4.69) is 49.2 Å². The zero-order valence-corrected chi connectivity index (χ0v) is 10.1. The molecule has 0 bridgehead atoms. The first-order valence-electron chi connectivity index (χ1n) is 5.71. The zero-order chi connectivity index (χ0) is 12.3. The van der Waals surface area contributed by atoms with Crippen LogP contribution in [-0.2, 0) is 6.54 Å². The number of benzene rings is 1. The van der Waals surface area contributed by atoms with Crippen LogP contribution in [0.3, 0.4) is 0 Å². The quantitative estimate of drug-likeness (QED) is 0.806. The van der Waals surface area contributed by atoms with Gasteiger partial charge in [0.2, 0.25) is 5.82 Å². The SMILES string of the molecule is CC(C)c1ccc(Cn2ccnc2C#N)cc1. The van der Waals surface area contributed by atoms with Crippen molar-refractivity contribution in [1.82, 2.24) is 9.55 Å². The summed E-state index contributed by atoms with van der Waals surface area (Å²) in [5.74, 6) is 1.00. The summed E-state index contributed by atoms with van der Waals surface area (Å²) >= 11 is 0. The summed E-state index contributed by atoms with van der Waals surface area (Å²) in [5.41, 5.74) is 2.52. The highest BCUT2D eigenvalue weighted by Crippen LogP contribution is 2.15. The summed E-state index contributed by atoms with van der Waals surface area (Å²) in [5, 5.41) is 8.87. The molecule has 0 aliphatic heterocycles. The second-order valence-electron chi connectivity index (χ2n) is 4.39. The van der Waals surface area contributed by atoms with Crippen molar-refractivity contribution in [3.8, 4) is 6.07 Å². The molecule has 3 nitrogen and oxygen atoms in total. The molecule has 0 N–H and O–H groups in total. The van der Waals surface area contributed by atoms with Crippen LogP contribution in [0.4, 0.5) is 0 Å². The minimum absolute atomic E-state index is 0.456. The Morgan fingerprint density at radius 2 is 2.00 bits per heavy atom. The van der Waals surface area contributed by atoms with Gasteiger partial charge < -0.3 is 4.57 Å². The van der Waals surface area contributed by atoms with Gasteiger partial charge in [0, 0.05) is 18.9 Å². The molecule has 17 heavy (non-hydrogen) atoms. The van der Waals surface area contributed by atoms with E-state index in [9.17, 15) is 0 Å². The summed E-state index contributed by atoms with van der Waals surface area (Å²) in [6.07, 6.45) is 3.48. The van der Waals surface area contributed by atoms with Gasteiger partial charge in [0.15, 0.2) is 0 Å². The lowest BCUT2D eigenvalue weighted by molar-refractivity contribution is 0.780. The molecule has 0 atom stereocenters. The maximum atomic E-state index is 8.87. The number of imidazole rings is 1. The van der Waals surface area contributed by atoms with Crippen LogP contribution >= 0.6 is 0 Å². The van der Waals surface area contributed by atoms with Gasteiger partial charge >= 0.3 is 0 Å². The van der Waals surface area contributed by atoms with Gasteiger partial charge in [-0.1, -0.05) is 38.1 Å². The Morgan fingerprint density at radius 3 is 2.59 bits per heavy atom. The van der Waals surface area contributed by atoms with Gasteiger partial charge in [-0.05, 0) is 17.0 Å². The third kappa shape index (κ3) is 2.54. The Balaban J connectivity index is 2.17. The lowest BCUT2D eigenvalue weighted by atomic mass is 10.0. The van der Waals surface area contributed by atoms with Crippen molar-refractivity contribution in [3.63, 3.8) is 0 Å². The topological polar surface area (TPSA) is 41.6 Å². The molecule has 0 radical (unpaired) electrons. The Morgan fingerprint density at radius 1 is 1.29 bits per heavy atom. The van der Waals surface area contributed by atoms with E-state index in [0.717, 1.165) is 0 Å². The Hall–Kier alpha value is -2.08. The van der Waals surface area contributed by atoms with E-state index in [1.807, 2.05) is 10.8 Å². The van der Waals surface area contributed by atoms with E-state index >= 15 is 0 Å². The van der Waals surface area contributed by atoms with Crippen molar-refractivity contribution in [2.24, 2.45) is 0 Å². The van der Waals surface area contributed by atoms with Crippen LogP contribution in [0.1, 0.15) is 36.7 Å². The van der Waals surface area contributed by atoms with Gasteiger partial charge in [-0.15, -0.1) is 0 Å². The van der Waals surface area contributed by atoms with Gasteiger partial charge in [-0.25, -0.2) is 4.98 Å². The maximum Gasteiger partial charge on any atom is 0.213 e. The molecule has 0 aliphatic rings. The molecular formula is C14H15N3. The zero-order valence-electron chi connectivity index (χ0n) is 10.1. The molecule has 3 heteroatoms. The van der Waals surface area contributed by atoms with Gasteiger partial charge in [0.1, 0.15) is 6.07 Å². The fourth-order valence-corrected chi connectivity index (χ4v) is 1.75. The van der Waals surface area contributed by atoms with Crippen LogP contribution in [0.25, 0.3) is 0 Å². The summed E-state index contributed by atoms with van der Waals surface area (Å²) in [4.78, 5) is 3.98. The van der Waals surface area contributed by atoms with Crippen LogP contribution < -0.4 is 0 Å². The molecule has 0 amide bonds. The smallest absolute Gasteiger partial charge is 0.213 e. The van der Waals surface area contributed by atoms with Crippen LogP contribution in [0.5, 0.6) is 0 Å². The molecule has 0 aliphatic carbocycles. The van der Waals surface area contributed by atoms with E-state index in [4.69, 9.17) is 5.26 Å². The number of nitrogens with zero attached hydrogens (tertiary/aromatic N) is 3. The second kappa shape index (κ2) is 4.84. The largest absolute Gasteiger partial charge is 0.318 e. The third-order valence-electron chi connectivity index (χ3n) is 2.81. The summed E-state index contributed by atoms with van der Waals surface area (Å²) in [6.45, 7) is 5.05. The fraction of sp³-hybridized carbons (Fsp3) is 0.286. The van der Waals surface area contributed by atoms with E-state index in [1.165, 1.54) is 11.1 Å². The predicted molar refractivity (Wildman–Crippen MR) is 66.6 cm³/mol. The van der Waals surface area contributed by atoms with Crippen molar-refractivity contribution in [1.29, 1.82) is 5.26 Å². The molecule has 1 aromatic carbocycles. The maximum absolute atomic E-state index is 8.87. The van der Waals surface area contributed by atoms with Crippen LogP contribution in [-0.4, -0.2) is 9.55 Å². The van der Waals surface area contributed by atoms with Gasteiger partial charge in [0.05, 0.1) is 0 Å². The summed E-state index contributed by atoms with van der Waals surface area (Å²) in [6, 6.07) is 10.6. The lowest BCUT2D eigenvalue weighted by Gasteiger charge is -2.07. The normalized spacial score (nSPS) is 10.5. The van der Waals surface area contributed by atoms with Crippen LogP contribution in [0.15, 0.2) is 36.7 Å². The minimum Gasteiger partial charge on any atom is -0.318 e. The first-order chi connectivity index (χ1) is 8.20. The highest BCUT2D eigenvalue weighted by molar-refractivity contribution is 5.25. The lowest BCUT2D eigenvalue weighted by Crippen LogP contribution is -2.01. The minimum atomic E-state index is 0.456. The monoisotopic (exact) mass is 225 g/mol. The van der Waals surface area contributed by atoms with Crippen LogP contribution in [0, 0.1) is 11.3 Å². The Bertz CT molecular complexity index is 529. The molecule has 2 aromatic rings. The van der Waals surface area contributed by atoms with Crippen molar-refractivity contribution in [3.05, 3.63) is 53.6 Å². The second-order valence-corrected chi connectivity index (χ2v) is 4.39.